The molecule has 7 heteroatoms. The summed E-state index contributed by atoms with van der Waals surface area (Å²) >= 11 is 0. The average Bonchev–Trinajstić information content (AvgIpc) is 2.36. The minimum absolute atomic E-state index is 0.0972. The number of nitrogens with zero attached hydrogens (tertiary/aromatic N) is 1. The Morgan fingerprint density at radius 2 is 2.22 bits per heavy atom. The molecule has 0 unspecified atom stereocenters. The summed E-state index contributed by atoms with van der Waals surface area (Å²) in [6, 6.07) is 3.89. The van der Waals surface area contributed by atoms with Crippen molar-refractivity contribution in [1.29, 1.82) is 5.26 Å². The summed E-state index contributed by atoms with van der Waals surface area (Å²) in [5, 5.41) is 18.0. The molecule has 5 nitrogen and oxygen atoms in total. The van der Waals surface area contributed by atoms with Crippen molar-refractivity contribution in [3.63, 3.8) is 0 Å². The molecule has 0 atom stereocenters. The number of hydrogen-bond donors (Lipinski definition) is 1. The Morgan fingerprint density at radius 3 is 2.67 bits per heavy atom. The second-order valence-corrected chi connectivity index (χ2v) is 3.11. The van der Waals surface area contributed by atoms with E-state index in [1.165, 1.54) is 6.07 Å². The summed E-state index contributed by atoms with van der Waals surface area (Å²) < 4.78 is 32.8. The van der Waals surface area contributed by atoms with Gasteiger partial charge in [-0.1, -0.05) is 6.07 Å². The van der Waals surface area contributed by atoms with Gasteiger partial charge in [-0.3, -0.25) is 0 Å². The summed E-state index contributed by atoms with van der Waals surface area (Å²) in [5.41, 5.74) is -0.575. The van der Waals surface area contributed by atoms with Gasteiger partial charge < -0.3 is 14.6 Å². The van der Waals surface area contributed by atoms with Gasteiger partial charge >= 0.3 is 12.6 Å². The molecule has 0 bridgehead atoms. The normalized spacial score (nSPS) is 10.0. The Balaban J connectivity index is 3.43. The van der Waals surface area contributed by atoms with E-state index < -0.39 is 30.5 Å². The number of aliphatic hydroxyl groups excluding tert-OH is 1. The third kappa shape index (κ3) is 2.73. The van der Waals surface area contributed by atoms with E-state index >= 15 is 0 Å². The molecule has 0 aliphatic carbocycles. The van der Waals surface area contributed by atoms with Gasteiger partial charge in [0.1, 0.15) is 17.4 Å². The van der Waals surface area contributed by atoms with Gasteiger partial charge in [-0.15, -0.1) is 0 Å². The fourth-order valence-corrected chi connectivity index (χ4v) is 1.40. The summed E-state index contributed by atoms with van der Waals surface area (Å²) in [7, 11) is 1.07. The van der Waals surface area contributed by atoms with E-state index in [4.69, 9.17) is 10.4 Å². The Morgan fingerprint density at radius 1 is 1.56 bits per heavy atom. The van der Waals surface area contributed by atoms with Crippen molar-refractivity contribution < 1.29 is 28.2 Å². The van der Waals surface area contributed by atoms with E-state index in [2.05, 4.69) is 9.47 Å². The first-order valence-corrected chi connectivity index (χ1v) is 4.75. The maximum absolute atomic E-state index is 12.1. The number of hydrogen-bond acceptors (Lipinski definition) is 5. The Bertz CT molecular complexity index is 497. The van der Waals surface area contributed by atoms with Crippen molar-refractivity contribution in [2.24, 2.45) is 0 Å². The summed E-state index contributed by atoms with van der Waals surface area (Å²) in [6.07, 6.45) is 0. The van der Waals surface area contributed by atoms with Crippen LogP contribution in [0.2, 0.25) is 0 Å². The van der Waals surface area contributed by atoms with Crippen LogP contribution in [0, 0.1) is 11.3 Å². The van der Waals surface area contributed by atoms with Crippen LogP contribution in [0.5, 0.6) is 5.75 Å². The molecule has 0 saturated heterocycles. The van der Waals surface area contributed by atoms with Gasteiger partial charge in [0.2, 0.25) is 0 Å². The molecule has 0 fully saturated rings. The molecule has 0 aromatic heterocycles. The number of aliphatic hydroxyl groups is 1. The molecule has 0 heterocycles. The zero-order chi connectivity index (χ0) is 13.7. The maximum Gasteiger partial charge on any atom is 0.387 e. The van der Waals surface area contributed by atoms with E-state index in [0.29, 0.717) is 0 Å². The molecule has 0 aliphatic rings. The number of methoxy groups -OCH3 is 1. The van der Waals surface area contributed by atoms with Crippen molar-refractivity contribution in [3.8, 4) is 11.8 Å². The lowest BCUT2D eigenvalue weighted by molar-refractivity contribution is -0.0501. The number of nitriles is 1. The predicted molar refractivity (Wildman–Crippen MR) is 55.1 cm³/mol. The number of esters is 1. The standard InChI is InChI=1S/C11H9F2NO4/c1-17-10(16)9-6(5-15)2-3-8(7(9)4-14)18-11(12)13/h2-3,11,15H,5H2,1H3. The molecule has 0 amide bonds. The molecule has 1 rings (SSSR count). The summed E-state index contributed by atoms with van der Waals surface area (Å²) in [5.74, 6) is -1.35. The van der Waals surface area contributed by atoms with Crippen LogP contribution in [0.3, 0.4) is 0 Å². The second-order valence-electron chi connectivity index (χ2n) is 3.11. The lowest BCUT2D eigenvalue weighted by Crippen LogP contribution is -2.12. The van der Waals surface area contributed by atoms with Gasteiger partial charge in [-0.2, -0.15) is 14.0 Å². The first-order valence-electron chi connectivity index (χ1n) is 4.75. The quantitative estimate of drug-likeness (QED) is 0.825. The van der Waals surface area contributed by atoms with Crippen molar-refractivity contribution in [3.05, 3.63) is 28.8 Å². The lowest BCUT2D eigenvalue weighted by Gasteiger charge is -2.12. The lowest BCUT2D eigenvalue weighted by atomic mass is 10.0. The van der Waals surface area contributed by atoms with E-state index in [1.807, 2.05) is 0 Å². The van der Waals surface area contributed by atoms with Gasteiger partial charge in [0.05, 0.1) is 19.3 Å². The first kappa shape index (κ1) is 13.9. The Hall–Kier alpha value is -2.20. The molecule has 1 aromatic rings. The van der Waals surface area contributed by atoms with Crippen LogP contribution >= 0.6 is 0 Å². The van der Waals surface area contributed by atoms with E-state index in [1.54, 1.807) is 6.07 Å². The number of alkyl halides is 2. The largest absolute Gasteiger partial charge is 0.465 e. The van der Waals surface area contributed by atoms with Crippen molar-refractivity contribution in [1.82, 2.24) is 0 Å². The highest BCUT2D eigenvalue weighted by Gasteiger charge is 2.22. The number of benzene rings is 1. The molecule has 1 aromatic carbocycles. The molecular weight excluding hydrogens is 248 g/mol. The minimum Gasteiger partial charge on any atom is -0.465 e. The van der Waals surface area contributed by atoms with Crippen LogP contribution in [0.1, 0.15) is 21.5 Å². The molecular formula is C11H9F2NO4. The third-order valence-electron chi connectivity index (χ3n) is 2.14. The zero-order valence-electron chi connectivity index (χ0n) is 9.31. The SMILES string of the molecule is COC(=O)c1c(CO)ccc(OC(F)F)c1C#N. The summed E-state index contributed by atoms with van der Waals surface area (Å²) in [6.45, 7) is -3.66. The number of rotatable bonds is 4. The van der Waals surface area contributed by atoms with Gasteiger partial charge in [0, 0.05) is 0 Å². The molecule has 96 valence electrons. The van der Waals surface area contributed by atoms with Crippen LogP contribution in [0.4, 0.5) is 8.78 Å². The predicted octanol–water partition coefficient (Wildman–Crippen LogP) is 1.44. The average molecular weight is 257 g/mol. The van der Waals surface area contributed by atoms with Crippen LogP contribution in [0.15, 0.2) is 12.1 Å². The highest BCUT2D eigenvalue weighted by atomic mass is 19.3. The van der Waals surface area contributed by atoms with Gasteiger partial charge in [-0.25, -0.2) is 4.79 Å². The Labute approximate surface area is 101 Å². The van der Waals surface area contributed by atoms with Crippen molar-refractivity contribution in [2.75, 3.05) is 7.11 Å². The number of ether oxygens (including phenoxy) is 2. The van der Waals surface area contributed by atoms with Gasteiger partial charge in [-0.05, 0) is 11.6 Å². The summed E-state index contributed by atoms with van der Waals surface area (Å²) in [4.78, 5) is 11.5. The maximum atomic E-state index is 12.1. The van der Waals surface area contributed by atoms with Gasteiger partial charge in [0.25, 0.3) is 0 Å². The second kappa shape index (κ2) is 5.93. The fraction of sp³-hybridized carbons (Fsp3) is 0.273. The van der Waals surface area contributed by atoms with E-state index in [0.717, 1.165) is 13.2 Å². The first-order chi connectivity index (χ1) is 8.54. The Kier molecular flexibility index (Phi) is 4.57. The zero-order valence-corrected chi connectivity index (χ0v) is 9.31. The monoisotopic (exact) mass is 257 g/mol. The highest BCUT2D eigenvalue weighted by molar-refractivity contribution is 5.94. The smallest absolute Gasteiger partial charge is 0.387 e. The number of carbonyl (C=O) groups excluding carboxylic acids is 1. The molecule has 18 heavy (non-hydrogen) atoms. The number of carbonyl (C=O) groups is 1. The van der Waals surface area contributed by atoms with Crippen LogP contribution in [0.25, 0.3) is 0 Å². The van der Waals surface area contributed by atoms with E-state index in [-0.39, 0.29) is 11.1 Å². The highest BCUT2D eigenvalue weighted by Crippen LogP contribution is 2.27. The number of halogens is 2. The van der Waals surface area contributed by atoms with Crippen LogP contribution < -0.4 is 4.74 Å². The molecule has 1 N–H and O–H groups in total. The van der Waals surface area contributed by atoms with E-state index in [9.17, 15) is 13.6 Å². The van der Waals surface area contributed by atoms with Crippen molar-refractivity contribution >= 4 is 5.97 Å². The fourth-order valence-electron chi connectivity index (χ4n) is 1.40. The third-order valence-corrected chi connectivity index (χ3v) is 2.14. The van der Waals surface area contributed by atoms with Crippen LogP contribution in [-0.2, 0) is 11.3 Å². The van der Waals surface area contributed by atoms with Crippen LogP contribution in [-0.4, -0.2) is 24.8 Å². The molecule has 0 aliphatic heterocycles. The minimum atomic E-state index is -3.12. The molecule has 0 radical (unpaired) electrons. The van der Waals surface area contributed by atoms with Crippen molar-refractivity contribution in [2.45, 2.75) is 13.2 Å². The van der Waals surface area contributed by atoms with Gasteiger partial charge in [0.15, 0.2) is 0 Å². The molecule has 0 spiro atoms. The topological polar surface area (TPSA) is 79.6 Å². The molecule has 0 saturated carbocycles.